The van der Waals surface area contributed by atoms with E-state index in [1.165, 1.54) is 14.2 Å². The first kappa shape index (κ1) is 35.8. The molecule has 42 heavy (non-hydrogen) atoms. The van der Waals surface area contributed by atoms with E-state index in [1.807, 2.05) is 0 Å². The zero-order valence-electron chi connectivity index (χ0n) is 23.9. The van der Waals surface area contributed by atoms with Crippen LogP contribution in [-0.4, -0.2) is 193 Å². The maximum absolute atomic E-state index is 10.8. The maximum atomic E-state index is 10.8. The molecule has 0 aromatic rings. The molecular formula is C26H48O16. The van der Waals surface area contributed by atoms with Crippen molar-refractivity contribution in [3.63, 3.8) is 0 Å². The van der Waals surface area contributed by atoms with Crippen LogP contribution in [0.3, 0.4) is 0 Å². The van der Waals surface area contributed by atoms with Crippen LogP contribution in [0.25, 0.3) is 0 Å². The van der Waals surface area contributed by atoms with E-state index >= 15 is 0 Å². The molecule has 6 unspecified atom stereocenters. The number of ether oxygens (including phenoxy) is 7. The molecule has 3 heterocycles. The summed E-state index contributed by atoms with van der Waals surface area (Å²) in [7, 11) is 2.84. The molecule has 3 aliphatic rings. The summed E-state index contributed by atoms with van der Waals surface area (Å²) in [6, 6.07) is 0. The quantitative estimate of drug-likeness (QED) is 0.0833. The smallest absolute Gasteiger partial charge is 0.110 e. The summed E-state index contributed by atoms with van der Waals surface area (Å²) >= 11 is 0. The Labute approximate surface area is 244 Å². The van der Waals surface area contributed by atoms with Gasteiger partial charge in [0.25, 0.3) is 0 Å². The highest BCUT2D eigenvalue weighted by atomic mass is 16.6. The minimum Gasteiger partial charge on any atom is -0.394 e. The zero-order valence-corrected chi connectivity index (χ0v) is 23.9. The molecule has 0 bridgehead atoms. The van der Waals surface area contributed by atoms with E-state index in [9.17, 15) is 46.0 Å². The third-order valence-electron chi connectivity index (χ3n) is 8.40. The molecular weight excluding hydrogens is 568 g/mol. The second kappa shape index (κ2) is 17.2. The molecule has 3 fully saturated rings. The van der Waals surface area contributed by atoms with E-state index in [-0.39, 0.29) is 39.6 Å². The van der Waals surface area contributed by atoms with Crippen molar-refractivity contribution in [2.24, 2.45) is 17.8 Å². The van der Waals surface area contributed by atoms with Crippen LogP contribution < -0.4 is 0 Å². The fourth-order valence-electron chi connectivity index (χ4n) is 5.86. The van der Waals surface area contributed by atoms with Gasteiger partial charge in [0.05, 0.1) is 96.1 Å². The lowest BCUT2D eigenvalue weighted by Crippen LogP contribution is -2.59. The van der Waals surface area contributed by atoms with Crippen molar-refractivity contribution in [2.45, 2.75) is 73.2 Å². The lowest BCUT2D eigenvalue weighted by molar-refractivity contribution is -0.248. The molecule has 0 radical (unpaired) electrons. The minimum absolute atomic E-state index is 0.0178. The predicted octanol–water partition coefficient (Wildman–Crippen LogP) is -5.39. The summed E-state index contributed by atoms with van der Waals surface area (Å²) in [5.74, 6) is -2.32. The van der Waals surface area contributed by atoms with Gasteiger partial charge in [-0.2, -0.15) is 0 Å². The number of rotatable bonds is 15. The summed E-state index contributed by atoms with van der Waals surface area (Å²) in [5.41, 5.74) is 0. The summed E-state index contributed by atoms with van der Waals surface area (Å²) in [6.45, 7) is -2.11. The van der Waals surface area contributed by atoms with Gasteiger partial charge in [0, 0.05) is 32.0 Å². The second-order valence-corrected chi connectivity index (χ2v) is 11.1. The molecule has 3 saturated heterocycles. The molecule has 0 aromatic heterocycles. The number of hydrogen-bond acceptors (Lipinski definition) is 16. The summed E-state index contributed by atoms with van der Waals surface area (Å²) < 4.78 is 38.4. The van der Waals surface area contributed by atoms with E-state index in [1.54, 1.807) is 0 Å². The summed E-state index contributed by atoms with van der Waals surface area (Å²) in [4.78, 5) is 0. The molecule has 16 heteroatoms. The average Bonchev–Trinajstić information content (AvgIpc) is 2.99. The Kier molecular flexibility index (Phi) is 14.6. The summed E-state index contributed by atoms with van der Waals surface area (Å²) in [5, 5.41) is 92.6. The van der Waals surface area contributed by atoms with Gasteiger partial charge in [-0.05, 0) is 0 Å². The first-order valence-corrected chi connectivity index (χ1v) is 14.1. The van der Waals surface area contributed by atoms with Gasteiger partial charge in [-0.3, -0.25) is 0 Å². The van der Waals surface area contributed by atoms with Crippen molar-refractivity contribution in [3.8, 4) is 0 Å². The van der Waals surface area contributed by atoms with Crippen LogP contribution in [-0.2, 0) is 33.2 Å². The van der Waals surface area contributed by atoms with Gasteiger partial charge in [0.15, 0.2) is 0 Å². The van der Waals surface area contributed by atoms with Crippen LogP contribution in [0, 0.1) is 17.8 Å². The Morgan fingerprint density at radius 3 is 1.02 bits per heavy atom. The van der Waals surface area contributed by atoms with Crippen LogP contribution in [0.15, 0.2) is 0 Å². The second-order valence-electron chi connectivity index (χ2n) is 11.1. The van der Waals surface area contributed by atoms with Crippen molar-refractivity contribution in [2.75, 3.05) is 73.7 Å². The zero-order chi connectivity index (χ0) is 31.0. The fourth-order valence-corrected chi connectivity index (χ4v) is 5.86. The normalized spacial score (nSPS) is 44.8. The van der Waals surface area contributed by atoms with Gasteiger partial charge in [-0.25, -0.2) is 0 Å². The van der Waals surface area contributed by atoms with Gasteiger partial charge >= 0.3 is 0 Å². The van der Waals surface area contributed by atoms with Gasteiger partial charge in [0.1, 0.15) is 36.6 Å². The van der Waals surface area contributed by atoms with Crippen molar-refractivity contribution in [1.82, 2.24) is 0 Å². The molecule has 0 amide bonds. The van der Waals surface area contributed by atoms with Gasteiger partial charge in [-0.15, -0.1) is 0 Å². The van der Waals surface area contributed by atoms with E-state index in [2.05, 4.69) is 0 Å². The Hall–Kier alpha value is -0.640. The summed E-state index contributed by atoms with van der Waals surface area (Å²) in [6.07, 6.45) is -13.4. The first-order valence-electron chi connectivity index (χ1n) is 14.1. The largest absolute Gasteiger partial charge is 0.394 e. The number of hydrogen-bond donors (Lipinski definition) is 9. The molecule has 3 aliphatic heterocycles. The molecule has 15 atom stereocenters. The molecule has 3 rings (SSSR count). The standard InChI is InChI=1S/C26H48O16/c1-36-6-12-15(3-27)41-19(25(34)21(12)30)10-39-8-14-17(5-29)42-20(26(35)23(14)32)11-38-7-13-16(4-28)40-18(9-37-2)24(33)22(13)31/h12-35H,3-11H2,1-2H3/t12-,13-,14-,15?,16?,17?,18-,19-,20-,21-,22-,23-,24?,25?,26?/m0/s1. The van der Waals surface area contributed by atoms with E-state index in [0.717, 1.165) is 0 Å². The maximum Gasteiger partial charge on any atom is 0.110 e. The Morgan fingerprint density at radius 1 is 0.405 bits per heavy atom. The minimum atomic E-state index is -1.44. The molecule has 0 aromatic carbocycles. The number of aliphatic hydroxyl groups is 9. The first-order chi connectivity index (χ1) is 20.1. The van der Waals surface area contributed by atoms with Crippen molar-refractivity contribution < 1.29 is 79.1 Å². The highest BCUT2D eigenvalue weighted by Crippen LogP contribution is 2.31. The molecule has 248 valence electrons. The SMILES string of the molecule is COC[C@@H]1OC(CO)[C@H](COC[C@@H]2OC(CO)[C@H](COC[C@@H]3OC(CO)[C@H](COC)[C@H](O)C3O)[C@H](O)C2O)[C@H](O)C1O. The van der Waals surface area contributed by atoms with Crippen LogP contribution >= 0.6 is 0 Å². The lowest BCUT2D eigenvalue weighted by Gasteiger charge is -2.44. The van der Waals surface area contributed by atoms with E-state index in [0.29, 0.717) is 0 Å². The van der Waals surface area contributed by atoms with Crippen LogP contribution in [0.4, 0.5) is 0 Å². The Balaban J connectivity index is 1.51. The fraction of sp³-hybridized carbons (Fsp3) is 1.00. The van der Waals surface area contributed by atoms with E-state index < -0.39 is 111 Å². The monoisotopic (exact) mass is 616 g/mol. The van der Waals surface area contributed by atoms with Crippen LogP contribution in [0.2, 0.25) is 0 Å². The predicted molar refractivity (Wildman–Crippen MR) is 139 cm³/mol. The van der Waals surface area contributed by atoms with Crippen LogP contribution in [0.1, 0.15) is 0 Å². The highest BCUT2D eigenvalue weighted by Gasteiger charge is 2.47. The molecule has 0 saturated carbocycles. The third kappa shape index (κ3) is 8.33. The molecule has 16 nitrogen and oxygen atoms in total. The van der Waals surface area contributed by atoms with Gasteiger partial charge in [0.2, 0.25) is 0 Å². The lowest BCUT2D eigenvalue weighted by atomic mass is 9.86. The van der Waals surface area contributed by atoms with Gasteiger partial charge < -0.3 is 79.1 Å². The Bertz CT molecular complexity index is 758. The van der Waals surface area contributed by atoms with Crippen molar-refractivity contribution >= 4 is 0 Å². The molecule has 0 aliphatic carbocycles. The third-order valence-corrected chi connectivity index (χ3v) is 8.40. The van der Waals surface area contributed by atoms with E-state index in [4.69, 9.17) is 33.2 Å². The van der Waals surface area contributed by atoms with Gasteiger partial charge in [-0.1, -0.05) is 0 Å². The van der Waals surface area contributed by atoms with Crippen molar-refractivity contribution in [1.29, 1.82) is 0 Å². The molecule has 9 N–H and O–H groups in total. The molecule has 0 spiro atoms. The van der Waals surface area contributed by atoms with Crippen molar-refractivity contribution in [3.05, 3.63) is 0 Å². The number of methoxy groups -OCH3 is 2. The highest BCUT2D eigenvalue weighted by molar-refractivity contribution is 4.95. The average molecular weight is 617 g/mol. The van der Waals surface area contributed by atoms with Crippen LogP contribution in [0.5, 0.6) is 0 Å². The number of aliphatic hydroxyl groups excluding tert-OH is 9. The Morgan fingerprint density at radius 2 is 0.714 bits per heavy atom. The topological polar surface area (TPSA) is 247 Å².